The quantitative estimate of drug-likeness (QED) is 0.865. The summed E-state index contributed by atoms with van der Waals surface area (Å²) in [4.78, 5) is 12.0. The molecule has 1 amide bonds. The van der Waals surface area contributed by atoms with Gasteiger partial charge in [-0.2, -0.15) is 0 Å². The molecule has 2 aromatic carbocycles. The van der Waals surface area contributed by atoms with Crippen molar-refractivity contribution in [1.29, 1.82) is 0 Å². The Morgan fingerprint density at radius 1 is 1.15 bits per heavy atom. The average Bonchev–Trinajstić information content (AvgIpc) is 2.47. The van der Waals surface area contributed by atoms with Crippen LogP contribution in [-0.2, 0) is 0 Å². The Labute approximate surface area is 118 Å². The van der Waals surface area contributed by atoms with Crippen LogP contribution in [0.25, 0.3) is 0 Å². The van der Waals surface area contributed by atoms with Gasteiger partial charge in [-0.25, -0.2) is 4.39 Å². The molecule has 0 aliphatic rings. The third kappa shape index (κ3) is 3.23. The molecule has 1 unspecified atom stereocenters. The first-order chi connectivity index (χ1) is 9.61. The van der Waals surface area contributed by atoms with E-state index in [1.54, 1.807) is 12.1 Å². The van der Waals surface area contributed by atoms with Crippen molar-refractivity contribution < 1.29 is 9.18 Å². The number of nitrogens with one attached hydrogen (secondary N) is 1. The van der Waals surface area contributed by atoms with Crippen molar-refractivity contribution in [2.75, 3.05) is 5.32 Å². The lowest BCUT2D eigenvalue weighted by atomic mass is 9.98. The molecule has 0 aromatic heterocycles. The van der Waals surface area contributed by atoms with Gasteiger partial charge in [0.2, 0.25) is 0 Å². The zero-order valence-corrected chi connectivity index (χ0v) is 11.7. The van der Waals surface area contributed by atoms with Gasteiger partial charge in [0, 0.05) is 5.69 Å². The molecule has 2 rings (SSSR count). The molecule has 0 spiro atoms. The largest absolute Gasteiger partial charge is 0.322 e. The molecule has 0 saturated heterocycles. The van der Waals surface area contributed by atoms with Gasteiger partial charge in [-0.3, -0.25) is 4.79 Å². The van der Waals surface area contributed by atoms with Gasteiger partial charge >= 0.3 is 0 Å². The third-order valence-electron chi connectivity index (χ3n) is 3.47. The van der Waals surface area contributed by atoms with Crippen molar-refractivity contribution >= 4 is 11.6 Å². The van der Waals surface area contributed by atoms with E-state index >= 15 is 0 Å². The predicted octanol–water partition coefficient (Wildman–Crippen LogP) is 4.59. The summed E-state index contributed by atoms with van der Waals surface area (Å²) < 4.78 is 13.5. The molecule has 2 aromatic rings. The van der Waals surface area contributed by atoms with E-state index in [0.717, 1.165) is 6.42 Å². The van der Waals surface area contributed by atoms with Crippen LogP contribution >= 0.6 is 0 Å². The number of hydrogen-bond acceptors (Lipinski definition) is 1. The van der Waals surface area contributed by atoms with Crippen molar-refractivity contribution in [3.05, 3.63) is 65.5 Å². The van der Waals surface area contributed by atoms with Gasteiger partial charge in [0.1, 0.15) is 5.82 Å². The number of amides is 1. The van der Waals surface area contributed by atoms with Crippen LogP contribution in [0, 0.1) is 5.82 Å². The molecule has 0 bridgehead atoms. The first-order valence-corrected chi connectivity index (χ1v) is 6.77. The molecule has 0 heterocycles. The summed E-state index contributed by atoms with van der Waals surface area (Å²) in [5.41, 5.74) is 1.96. The lowest BCUT2D eigenvalue weighted by Crippen LogP contribution is -2.13. The molecule has 104 valence electrons. The molecule has 3 heteroatoms. The van der Waals surface area contributed by atoms with E-state index in [9.17, 15) is 9.18 Å². The number of halogens is 1. The summed E-state index contributed by atoms with van der Waals surface area (Å²) in [6.45, 7) is 4.30. The number of benzene rings is 2. The second-order valence-corrected chi connectivity index (χ2v) is 4.87. The number of anilines is 1. The molecular formula is C17H18FNO. The number of rotatable bonds is 4. The number of hydrogen-bond donors (Lipinski definition) is 1. The summed E-state index contributed by atoms with van der Waals surface area (Å²) in [6, 6.07) is 13.6. The smallest absolute Gasteiger partial charge is 0.258 e. The van der Waals surface area contributed by atoms with Gasteiger partial charge < -0.3 is 5.32 Å². The maximum absolute atomic E-state index is 13.5. The topological polar surface area (TPSA) is 29.1 Å². The van der Waals surface area contributed by atoms with E-state index in [0.29, 0.717) is 11.6 Å². The van der Waals surface area contributed by atoms with E-state index in [-0.39, 0.29) is 5.56 Å². The minimum Gasteiger partial charge on any atom is -0.322 e. The zero-order valence-electron chi connectivity index (χ0n) is 11.7. The molecule has 0 radical (unpaired) electrons. The Balaban J connectivity index is 2.11. The van der Waals surface area contributed by atoms with Crippen LogP contribution in [0.2, 0.25) is 0 Å². The molecule has 1 N–H and O–H groups in total. The van der Waals surface area contributed by atoms with Gasteiger partial charge in [-0.15, -0.1) is 0 Å². The van der Waals surface area contributed by atoms with Crippen LogP contribution in [0.4, 0.5) is 10.1 Å². The number of carbonyl (C=O) groups is 1. The molecule has 0 aliphatic carbocycles. The van der Waals surface area contributed by atoms with Gasteiger partial charge in [0.15, 0.2) is 0 Å². The van der Waals surface area contributed by atoms with E-state index < -0.39 is 11.7 Å². The highest BCUT2D eigenvalue weighted by Crippen LogP contribution is 2.21. The zero-order chi connectivity index (χ0) is 14.5. The Kier molecular flexibility index (Phi) is 4.51. The lowest BCUT2D eigenvalue weighted by Gasteiger charge is -2.10. The standard InChI is InChI=1S/C17H18FNO/c1-3-12(2)13-8-10-14(11-9-13)19-17(20)15-6-4-5-7-16(15)18/h4-12H,3H2,1-2H3,(H,19,20). The fourth-order valence-corrected chi connectivity index (χ4v) is 1.97. The molecule has 0 fully saturated rings. The van der Waals surface area contributed by atoms with Crippen molar-refractivity contribution in [2.24, 2.45) is 0 Å². The third-order valence-corrected chi connectivity index (χ3v) is 3.47. The van der Waals surface area contributed by atoms with Crippen molar-refractivity contribution in [3.8, 4) is 0 Å². The van der Waals surface area contributed by atoms with Crippen molar-refractivity contribution in [1.82, 2.24) is 0 Å². The van der Waals surface area contributed by atoms with E-state index in [4.69, 9.17) is 0 Å². The van der Waals surface area contributed by atoms with Gasteiger partial charge in [-0.1, -0.05) is 38.1 Å². The summed E-state index contributed by atoms with van der Waals surface area (Å²) in [6.07, 6.45) is 1.07. The van der Waals surface area contributed by atoms with E-state index in [1.165, 1.54) is 17.7 Å². The summed E-state index contributed by atoms with van der Waals surface area (Å²) in [5.74, 6) is -0.452. The Morgan fingerprint density at radius 2 is 1.80 bits per heavy atom. The minimum atomic E-state index is -0.513. The van der Waals surface area contributed by atoms with Crippen LogP contribution in [0.3, 0.4) is 0 Å². The molecule has 1 atom stereocenters. The van der Waals surface area contributed by atoms with Gasteiger partial charge in [0.05, 0.1) is 5.56 Å². The molecular weight excluding hydrogens is 253 g/mol. The van der Waals surface area contributed by atoms with E-state index in [2.05, 4.69) is 19.2 Å². The summed E-state index contributed by atoms with van der Waals surface area (Å²) >= 11 is 0. The fourth-order valence-electron chi connectivity index (χ4n) is 1.97. The second-order valence-electron chi connectivity index (χ2n) is 4.87. The molecule has 0 saturated carbocycles. The van der Waals surface area contributed by atoms with Crippen LogP contribution in [0.5, 0.6) is 0 Å². The Hall–Kier alpha value is -2.16. The van der Waals surface area contributed by atoms with Crippen molar-refractivity contribution in [2.45, 2.75) is 26.2 Å². The summed E-state index contributed by atoms with van der Waals surface area (Å²) in [5, 5.41) is 2.70. The first kappa shape index (κ1) is 14.3. The lowest BCUT2D eigenvalue weighted by molar-refractivity contribution is 0.102. The summed E-state index contributed by atoms with van der Waals surface area (Å²) in [7, 11) is 0. The van der Waals surface area contributed by atoms with Gasteiger partial charge in [-0.05, 0) is 42.2 Å². The minimum absolute atomic E-state index is 0.0542. The maximum atomic E-state index is 13.5. The predicted molar refractivity (Wildman–Crippen MR) is 79.5 cm³/mol. The van der Waals surface area contributed by atoms with Crippen LogP contribution in [-0.4, -0.2) is 5.91 Å². The monoisotopic (exact) mass is 271 g/mol. The normalized spacial score (nSPS) is 11.9. The van der Waals surface area contributed by atoms with Crippen LogP contribution in [0.15, 0.2) is 48.5 Å². The Morgan fingerprint density at radius 3 is 2.40 bits per heavy atom. The SMILES string of the molecule is CCC(C)c1ccc(NC(=O)c2ccccc2F)cc1. The average molecular weight is 271 g/mol. The van der Waals surface area contributed by atoms with Crippen LogP contribution < -0.4 is 5.32 Å². The first-order valence-electron chi connectivity index (χ1n) is 6.77. The maximum Gasteiger partial charge on any atom is 0.258 e. The fraction of sp³-hybridized carbons (Fsp3) is 0.235. The highest BCUT2D eigenvalue weighted by Gasteiger charge is 2.11. The highest BCUT2D eigenvalue weighted by atomic mass is 19.1. The molecule has 0 aliphatic heterocycles. The highest BCUT2D eigenvalue weighted by molar-refractivity contribution is 6.04. The van der Waals surface area contributed by atoms with Crippen LogP contribution in [0.1, 0.15) is 42.1 Å². The van der Waals surface area contributed by atoms with Crippen molar-refractivity contribution in [3.63, 3.8) is 0 Å². The van der Waals surface area contributed by atoms with E-state index in [1.807, 2.05) is 24.3 Å². The van der Waals surface area contributed by atoms with Gasteiger partial charge in [0.25, 0.3) is 5.91 Å². The number of carbonyl (C=O) groups excluding carboxylic acids is 1. The molecule has 20 heavy (non-hydrogen) atoms. The Bertz CT molecular complexity index is 592. The second kappa shape index (κ2) is 6.33. The molecule has 2 nitrogen and oxygen atoms in total.